The fraction of sp³-hybridized carbons (Fsp3) is 0.857. The topological polar surface area (TPSA) is 47.9 Å². The van der Waals surface area contributed by atoms with Gasteiger partial charge in [-0.25, -0.2) is 0 Å². The number of aliphatic imine (C=N–C) groups is 1. The van der Waals surface area contributed by atoms with Gasteiger partial charge in [0, 0.05) is 31.7 Å². The Labute approximate surface area is 138 Å². The summed E-state index contributed by atoms with van der Waals surface area (Å²) in [6.07, 6.45) is 6.17. The van der Waals surface area contributed by atoms with Gasteiger partial charge in [0.15, 0.2) is 5.96 Å². The van der Waals surface area contributed by atoms with Gasteiger partial charge in [-0.05, 0) is 39.0 Å². The van der Waals surface area contributed by atoms with Gasteiger partial charge in [-0.2, -0.15) is 0 Å². The van der Waals surface area contributed by atoms with Crippen molar-refractivity contribution in [3.8, 4) is 0 Å². The number of rotatable bonds is 3. The Hall–Kier alpha value is -0.530. The average Bonchev–Trinajstić information content (AvgIpc) is 3.16. The van der Waals surface area contributed by atoms with Crippen LogP contribution < -0.4 is 5.32 Å². The molecule has 3 fully saturated rings. The Morgan fingerprint density at radius 2 is 2.05 bits per heavy atom. The second-order valence-corrected chi connectivity index (χ2v) is 5.81. The first kappa shape index (κ1) is 15.9. The normalized spacial score (nSPS) is 24.2. The summed E-state index contributed by atoms with van der Waals surface area (Å²) in [4.78, 5) is 20.9. The molecule has 0 atom stereocenters. The molecule has 20 heavy (non-hydrogen) atoms. The molecule has 3 aliphatic rings. The Bertz CT molecular complexity index is 379. The average molecular weight is 392 g/mol. The van der Waals surface area contributed by atoms with E-state index in [1.165, 1.54) is 32.1 Å². The van der Waals surface area contributed by atoms with E-state index in [1.54, 1.807) is 0 Å². The number of carbonyl (C=O) groups excluding carboxylic acids is 1. The molecule has 6 heteroatoms. The highest BCUT2D eigenvalue weighted by atomic mass is 127. The highest BCUT2D eigenvalue weighted by molar-refractivity contribution is 14.0. The largest absolute Gasteiger partial charge is 0.353 e. The Morgan fingerprint density at radius 1 is 1.30 bits per heavy atom. The van der Waals surface area contributed by atoms with E-state index in [0.29, 0.717) is 18.6 Å². The molecule has 2 aliphatic carbocycles. The van der Waals surface area contributed by atoms with Crippen molar-refractivity contribution in [2.24, 2.45) is 4.99 Å². The zero-order chi connectivity index (χ0) is 13.2. The van der Waals surface area contributed by atoms with E-state index < -0.39 is 0 Å². The number of nitrogens with zero attached hydrogens (tertiary/aromatic N) is 3. The van der Waals surface area contributed by atoms with E-state index in [2.05, 4.69) is 20.1 Å². The zero-order valence-corrected chi connectivity index (χ0v) is 14.5. The molecule has 0 spiro atoms. The predicted molar refractivity (Wildman–Crippen MR) is 90.5 cm³/mol. The van der Waals surface area contributed by atoms with Gasteiger partial charge in [-0.3, -0.25) is 9.79 Å². The molecule has 0 aromatic carbocycles. The van der Waals surface area contributed by atoms with Crippen molar-refractivity contribution in [1.29, 1.82) is 0 Å². The Morgan fingerprint density at radius 3 is 2.55 bits per heavy atom. The lowest BCUT2D eigenvalue weighted by atomic mass is 9.93. The van der Waals surface area contributed by atoms with Crippen LogP contribution in [-0.2, 0) is 4.79 Å². The van der Waals surface area contributed by atoms with E-state index >= 15 is 0 Å². The summed E-state index contributed by atoms with van der Waals surface area (Å²) in [5, 5.41) is 3.51. The first-order valence-corrected chi connectivity index (χ1v) is 7.63. The van der Waals surface area contributed by atoms with Crippen LogP contribution in [0.5, 0.6) is 0 Å². The fourth-order valence-corrected chi connectivity index (χ4v) is 2.76. The number of nitrogens with one attached hydrogen (secondary N) is 1. The molecule has 0 aromatic rings. The maximum atomic E-state index is 12.2. The van der Waals surface area contributed by atoms with Crippen molar-refractivity contribution < 1.29 is 4.79 Å². The standard InChI is InChI=1S/C14H24N4O.HI/c1-2-15-14(16-11-4-3-5-11)17-8-9-18(12-6-7-12)13(19)10-17;/h11-12H,2-10H2,1H3,(H,15,16);1H. The minimum absolute atomic E-state index is 0. The van der Waals surface area contributed by atoms with Crippen LogP contribution in [0.1, 0.15) is 39.0 Å². The molecule has 5 nitrogen and oxygen atoms in total. The molecule has 3 rings (SSSR count). The number of amides is 1. The monoisotopic (exact) mass is 392 g/mol. The molecular formula is C14H25IN4O. The zero-order valence-electron chi connectivity index (χ0n) is 12.2. The van der Waals surface area contributed by atoms with Crippen LogP contribution in [0, 0.1) is 0 Å². The minimum Gasteiger partial charge on any atom is -0.353 e. The number of guanidine groups is 1. The minimum atomic E-state index is 0. The van der Waals surface area contributed by atoms with Crippen LogP contribution in [-0.4, -0.2) is 59.9 Å². The van der Waals surface area contributed by atoms with Gasteiger partial charge in [0.05, 0.1) is 6.54 Å². The van der Waals surface area contributed by atoms with Crippen molar-refractivity contribution in [2.75, 3.05) is 26.2 Å². The van der Waals surface area contributed by atoms with Crippen LogP contribution in [0.4, 0.5) is 0 Å². The Kier molecular flexibility index (Phi) is 5.51. The molecule has 1 heterocycles. The summed E-state index contributed by atoms with van der Waals surface area (Å²) in [6.45, 7) is 5.09. The van der Waals surface area contributed by atoms with Crippen molar-refractivity contribution >= 4 is 35.8 Å². The van der Waals surface area contributed by atoms with Gasteiger partial charge < -0.3 is 15.1 Å². The third-order valence-electron chi connectivity index (χ3n) is 4.29. The van der Waals surface area contributed by atoms with Crippen LogP contribution in [0.3, 0.4) is 0 Å². The number of piperazine rings is 1. The van der Waals surface area contributed by atoms with E-state index in [9.17, 15) is 4.79 Å². The molecule has 1 amide bonds. The van der Waals surface area contributed by atoms with E-state index in [4.69, 9.17) is 0 Å². The molecular weight excluding hydrogens is 367 g/mol. The second kappa shape index (κ2) is 6.95. The number of hydrogen-bond donors (Lipinski definition) is 1. The lowest BCUT2D eigenvalue weighted by Gasteiger charge is -2.38. The molecule has 1 saturated heterocycles. The maximum absolute atomic E-state index is 12.2. The van der Waals surface area contributed by atoms with Gasteiger partial charge in [0.2, 0.25) is 5.91 Å². The molecule has 0 unspecified atom stereocenters. The first-order valence-electron chi connectivity index (χ1n) is 7.63. The summed E-state index contributed by atoms with van der Waals surface area (Å²) in [7, 11) is 0. The predicted octanol–water partition coefficient (Wildman–Crippen LogP) is 1.43. The Balaban J connectivity index is 0.00000147. The van der Waals surface area contributed by atoms with Gasteiger partial charge in [0.25, 0.3) is 0 Å². The lowest BCUT2D eigenvalue weighted by Crippen LogP contribution is -2.57. The van der Waals surface area contributed by atoms with Crippen molar-refractivity contribution in [1.82, 2.24) is 15.1 Å². The molecule has 2 saturated carbocycles. The van der Waals surface area contributed by atoms with E-state index in [1.807, 2.05) is 6.92 Å². The van der Waals surface area contributed by atoms with Crippen molar-refractivity contribution in [2.45, 2.75) is 51.1 Å². The van der Waals surface area contributed by atoms with Crippen LogP contribution in [0.2, 0.25) is 0 Å². The maximum Gasteiger partial charge on any atom is 0.242 e. The van der Waals surface area contributed by atoms with Gasteiger partial charge in [0.1, 0.15) is 0 Å². The summed E-state index contributed by atoms with van der Waals surface area (Å²) >= 11 is 0. The quantitative estimate of drug-likeness (QED) is 0.449. The molecule has 0 radical (unpaired) electrons. The van der Waals surface area contributed by atoms with Crippen molar-refractivity contribution in [3.05, 3.63) is 0 Å². The summed E-state index contributed by atoms with van der Waals surface area (Å²) in [6, 6.07) is 1.11. The number of carbonyl (C=O) groups is 1. The number of hydrogen-bond acceptors (Lipinski definition) is 2. The number of halogens is 1. The van der Waals surface area contributed by atoms with E-state index in [0.717, 1.165) is 25.6 Å². The van der Waals surface area contributed by atoms with Crippen LogP contribution in [0.25, 0.3) is 0 Å². The third kappa shape index (κ3) is 3.56. The van der Waals surface area contributed by atoms with Gasteiger partial charge in [-0.1, -0.05) is 0 Å². The SMILES string of the molecule is CCN=C(NC1CCC1)N1CCN(C2CC2)C(=O)C1.I. The third-order valence-corrected chi connectivity index (χ3v) is 4.29. The van der Waals surface area contributed by atoms with Gasteiger partial charge in [-0.15, -0.1) is 24.0 Å². The van der Waals surface area contributed by atoms with Gasteiger partial charge >= 0.3 is 0 Å². The highest BCUT2D eigenvalue weighted by Crippen LogP contribution is 2.28. The van der Waals surface area contributed by atoms with Crippen LogP contribution in [0.15, 0.2) is 4.99 Å². The summed E-state index contributed by atoms with van der Waals surface area (Å²) < 4.78 is 0. The second-order valence-electron chi connectivity index (χ2n) is 5.81. The molecule has 0 aromatic heterocycles. The molecule has 114 valence electrons. The highest BCUT2D eigenvalue weighted by Gasteiger charge is 2.36. The molecule has 0 bridgehead atoms. The van der Waals surface area contributed by atoms with Crippen LogP contribution >= 0.6 is 24.0 Å². The fourth-order valence-electron chi connectivity index (χ4n) is 2.76. The first-order chi connectivity index (χ1) is 9.28. The summed E-state index contributed by atoms with van der Waals surface area (Å²) in [5.41, 5.74) is 0. The van der Waals surface area contributed by atoms with E-state index in [-0.39, 0.29) is 29.9 Å². The lowest BCUT2D eigenvalue weighted by molar-refractivity contribution is -0.135. The summed E-state index contributed by atoms with van der Waals surface area (Å²) in [5.74, 6) is 1.21. The molecule has 1 aliphatic heterocycles. The van der Waals surface area contributed by atoms with Crippen molar-refractivity contribution in [3.63, 3.8) is 0 Å². The molecule has 1 N–H and O–H groups in total. The smallest absolute Gasteiger partial charge is 0.242 e.